The van der Waals surface area contributed by atoms with Crippen molar-refractivity contribution in [1.82, 2.24) is 15.3 Å². The van der Waals surface area contributed by atoms with Crippen LogP contribution in [0.4, 0.5) is 10.2 Å². The van der Waals surface area contributed by atoms with E-state index < -0.39 is 0 Å². The van der Waals surface area contributed by atoms with Crippen LogP contribution in [0.1, 0.15) is 35.3 Å². The van der Waals surface area contributed by atoms with Gasteiger partial charge in [0.1, 0.15) is 23.7 Å². The van der Waals surface area contributed by atoms with Gasteiger partial charge < -0.3 is 10.2 Å². The number of piperidine rings is 1. The van der Waals surface area contributed by atoms with Gasteiger partial charge in [-0.05, 0) is 25.3 Å². The maximum atomic E-state index is 13.6. The number of anilines is 1. The summed E-state index contributed by atoms with van der Waals surface area (Å²) in [4.78, 5) is 22.7. The molecular formula is C17H19FN4O. The van der Waals surface area contributed by atoms with E-state index in [-0.39, 0.29) is 18.3 Å². The van der Waals surface area contributed by atoms with Crippen molar-refractivity contribution in [3.8, 4) is 0 Å². The molecule has 0 atom stereocenters. The fraction of sp³-hybridized carbons (Fsp3) is 0.353. The van der Waals surface area contributed by atoms with Gasteiger partial charge in [-0.15, -0.1) is 0 Å². The summed E-state index contributed by atoms with van der Waals surface area (Å²) in [6.45, 7) is 2.04. The number of hydrogen-bond donors (Lipinski definition) is 1. The van der Waals surface area contributed by atoms with Crippen molar-refractivity contribution >= 4 is 11.7 Å². The number of benzene rings is 1. The van der Waals surface area contributed by atoms with Gasteiger partial charge in [0.15, 0.2) is 0 Å². The van der Waals surface area contributed by atoms with E-state index >= 15 is 0 Å². The molecule has 1 N–H and O–H groups in total. The standard InChI is InChI=1S/C17H19FN4O/c18-14-7-3-2-6-13(14)11-19-17(23)15-10-16(21-12-20-15)22-8-4-1-5-9-22/h2-3,6-7,10,12H,1,4-5,8-9,11H2,(H,19,23). The number of nitrogens with zero attached hydrogens (tertiary/aromatic N) is 3. The molecule has 0 aliphatic carbocycles. The van der Waals surface area contributed by atoms with E-state index in [0.29, 0.717) is 11.3 Å². The number of nitrogens with one attached hydrogen (secondary N) is 1. The average Bonchev–Trinajstić information content (AvgIpc) is 2.62. The second kappa shape index (κ2) is 7.17. The van der Waals surface area contributed by atoms with E-state index in [1.807, 2.05) is 0 Å². The van der Waals surface area contributed by atoms with Crippen molar-refractivity contribution < 1.29 is 9.18 Å². The molecule has 1 fully saturated rings. The van der Waals surface area contributed by atoms with Gasteiger partial charge in [-0.1, -0.05) is 18.2 Å². The van der Waals surface area contributed by atoms with Gasteiger partial charge in [-0.2, -0.15) is 0 Å². The molecule has 0 bridgehead atoms. The first kappa shape index (κ1) is 15.4. The van der Waals surface area contributed by atoms with Gasteiger partial charge in [-0.25, -0.2) is 14.4 Å². The average molecular weight is 314 g/mol. The Kier molecular flexibility index (Phi) is 4.80. The molecule has 1 aliphatic rings. The lowest BCUT2D eigenvalue weighted by Gasteiger charge is -2.27. The van der Waals surface area contributed by atoms with Crippen LogP contribution in [-0.4, -0.2) is 29.0 Å². The zero-order valence-electron chi connectivity index (χ0n) is 12.8. The highest BCUT2D eigenvalue weighted by Gasteiger charge is 2.15. The van der Waals surface area contributed by atoms with Crippen LogP contribution in [-0.2, 0) is 6.54 Å². The van der Waals surface area contributed by atoms with E-state index in [1.54, 1.807) is 24.3 Å². The normalized spacial score (nSPS) is 14.6. The molecule has 0 spiro atoms. The summed E-state index contributed by atoms with van der Waals surface area (Å²) in [5.41, 5.74) is 0.753. The summed E-state index contributed by atoms with van der Waals surface area (Å²) in [6, 6.07) is 8.08. The Morgan fingerprint density at radius 3 is 2.74 bits per heavy atom. The Morgan fingerprint density at radius 1 is 1.17 bits per heavy atom. The van der Waals surface area contributed by atoms with Gasteiger partial charge in [0.05, 0.1) is 0 Å². The number of carbonyl (C=O) groups is 1. The first-order valence-corrected chi connectivity index (χ1v) is 7.82. The number of carbonyl (C=O) groups excluding carboxylic acids is 1. The Bertz CT molecular complexity index is 686. The van der Waals surface area contributed by atoms with Crippen LogP contribution in [0.3, 0.4) is 0 Å². The molecule has 1 aromatic carbocycles. The molecule has 1 amide bonds. The van der Waals surface area contributed by atoms with Gasteiger partial charge in [0.25, 0.3) is 5.91 Å². The number of aromatic nitrogens is 2. The van der Waals surface area contributed by atoms with Gasteiger partial charge in [0.2, 0.25) is 0 Å². The summed E-state index contributed by atoms with van der Waals surface area (Å²) in [5.74, 6) is 0.120. The zero-order chi connectivity index (χ0) is 16.1. The number of hydrogen-bond acceptors (Lipinski definition) is 4. The third kappa shape index (κ3) is 3.83. The summed E-state index contributed by atoms with van der Waals surface area (Å²) in [7, 11) is 0. The molecule has 6 heteroatoms. The second-order valence-corrected chi connectivity index (χ2v) is 5.58. The van der Waals surface area contributed by atoms with E-state index in [1.165, 1.54) is 18.8 Å². The molecule has 1 aliphatic heterocycles. The molecule has 0 radical (unpaired) electrons. The molecule has 3 rings (SSSR count). The topological polar surface area (TPSA) is 58.1 Å². The predicted octanol–water partition coefficient (Wildman–Crippen LogP) is 2.54. The van der Waals surface area contributed by atoms with E-state index in [9.17, 15) is 9.18 Å². The molecule has 0 saturated carbocycles. The molecular weight excluding hydrogens is 295 g/mol. The second-order valence-electron chi connectivity index (χ2n) is 5.58. The first-order valence-electron chi connectivity index (χ1n) is 7.82. The van der Waals surface area contributed by atoms with Crippen LogP contribution in [0, 0.1) is 5.82 Å². The van der Waals surface area contributed by atoms with Gasteiger partial charge in [-0.3, -0.25) is 4.79 Å². The molecule has 5 nitrogen and oxygen atoms in total. The van der Waals surface area contributed by atoms with Crippen molar-refractivity contribution in [2.45, 2.75) is 25.8 Å². The van der Waals surface area contributed by atoms with Crippen molar-refractivity contribution in [3.05, 3.63) is 53.7 Å². The molecule has 2 heterocycles. The van der Waals surface area contributed by atoms with Crippen LogP contribution in [0.2, 0.25) is 0 Å². The third-order valence-electron chi connectivity index (χ3n) is 3.96. The maximum Gasteiger partial charge on any atom is 0.270 e. The minimum absolute atomic E-state index is 0.133. The highest BCUT2D eigenvalue weighted by atomic mass is 19.1. The molecule has 0 unspecified atom stereocenters. The SMILES string of the molecule is O=C(NCc1ccccc1F)c1cc(N2CCCCC2)ncn1. The van der Waals surface area contributed by atoms with Crippen LogP contribution in [0.25, 0.3) is 0 Å². The van der Waals surface area contributed by atoms with E-state index in [0.717, 1.165) is 31.7 Å². The molecule has 23 heavy (non-hydrogen) atoms. The van der Waals surface area contributed by atoms with Crippen molar-refractivity contribution in [3.63, 3.8) is 0 Å². The van der Waals surface area contributed by atoms with Gasteiger partial charge >= 0.3 is 0 Å². The van der Waals surface area contributed by atoms with Crippen LogP contribution in [0.15, 0.2) is 36.7 Å². The summed E-state index contributed by atoms with van der Waals surface area (Å²) >= 11 is 0. The van der Waals surface area contributed by atoms with Crippen LogP contribution < -0.4 is 10.2 Å². The van der Waals surface area contributed by atoms with E-state index in [4.69, 9.17) is 0 Å². The quantitative estimate of drug-likeness (QED) is 0.942. The van der Waals surface area contributed by atoms with Crippen molar-refractivity contribution in [2.24, 2.45) is 0 Å². The summed E-state index contributed by atoms with van der Waals surface area (Å²) in [5, 5.41) is 2.70. The molecule has 1 aromatic heterocycles. The lowest BCUT2D eigenvalue weighted by molar-refractivity contribution is 0.0945. The third-order valence-corrected chi connectivity index (χ3v) is 3.96. The minimum Gasteiger partial charge on any atom is -0.357 e. The lowest BCUT2D eigenvalue weighted by Crippen LogP contribution is -2.31. The minimum atomic E-state index is -0.329. The van der Waals surface area contributed by atoms with Crippen molar-refractivity contribution in [1.29, 1.82) is 0 Å². The Balaban J connectivity index is 1.66. The Morgan fingerprint density at radius 2 is 1.96 bits per heavy atom. The summed E-state index contributed by atoms with van der Waals surface area (Å²) in [6.07, 6.45) is 4.91. The fourth-order valence-corrected chi connectivity index (χ4v) is 2.67. The number of amides is 1. The molecule has 120 valence electrons. The molecule has 2 aromatic rings. The monoisotopic (exact) mass is 314 g/mol. The smallest absolute Gasteiger partial charge is 0.270 e. The predicted molar refractivity (Wildman–Crippen MR) is 85.7 cm³/mol. The Labute approximate surface area is 134 Å². The van der Waals surface area contributed by atoms with E-state index in [2.05, 4.69) is 20.2 Å². The Hall–Kier alpha value is -2.50. The van der Waals surface area contributed by atoms with Gasteiger partial charge in [0, 0.05) is 31.3 Å². The van der Waals surface area contributed by atoms with Crippen LogP contribution >= 0.6 is 0 Å². The lowest BCUT2D eigenvalue weighted by atomic mass is 10.1. The fourth-order valence-electron chi connectivity index (χ4n) is 2.67. The first-order chi connectivity index (χ1) is 11.2. The molecule has 1 saturated heterocycles. The number of rotatable bonds is 4. The highest BCUT2D eigenvalue weighted by molar-refractivity contribution is 5.92. The largest absolute Gasteiger partial charge is 0.357 e. The van der Waals surface area contributed by atoms with Crippen LogP contribution in [0.5, 0.6) is 0 Å². The number of halogens is 1. The summed E-state index contributed by atoms with van der Waals surface area (Å²) < 4.78 is 13.6. The van der Waals surface area contributed by atoms with Crippen molar-refractivity contribution in [2.75, 3.05) is 18.0 Å². The highest BCUT2D eigenvalue weighted by Crippen LogP contribution is 2.17. The maximum absolute atomic E-state index is 13.6. The zero-order valence-corrected chi connectivity index (χ0v) is 12.8.